The number of carbonyl (C=O) groups is 1. The van der Waals surface area contributed by atoms with Crippen LogP contribution >= 0.6 is 0 Å². The van der Waals surface area contributed by atoms with Crippen LogP contribution in [-0.4, -0.2) is 29.6 Å². The van der Waals surface area contributed by atoms with E-state index in [9.17, 15) is 4.79 Å². The smallest absolute Gasteiger partial charge is 0.410 e. The summed E-state index contributed by atoms with van der Waals surface area (Å²) < 4.78 is 4.89. The summed E-state index contributed by atoms with van der Waals surface area (Å²) in [5.41, 5.74) is 2.22. The molecule has 0 spiro atoms. The average molecular weight is 258 g/mol. The van der Waals surface area contributed by atoms with Gasteiger partial charge < -0.3 is 9.72 Å². The molecule has 0 bridgehead atoms. The maximum atomic E-state index is 11.9. The number of amides is 1. The minimum Gasteiger partial charge on any atom is -0.453 e. The number of piperidine rings is 1. The molecule has 4 nitrogen and oxygen atoms in total. The van der Waals surface area contributed by atoms with E-state index in [2.05, 4.69) is 23.2 Å². The summed E-state index contributed by atoms with van der Waals surface area (Å²) in [5.74, 6) is 0. The highest BCUT2D eigenvalue weighted by molar-refractivity contribution is 5.80. The molecule has 1 saturated heterocycles. The molecule has 100 valence electrons. The number of hydrogen-bond donors (Lipinski definition) is 1. The van der Waals surface area contributed by atoms with Crippen molar-refractivity contribution >= 4 is 17.0 Å². The second-order valence-electron chi connectivity index (χ2n) is 4.99. The number of aromatic amines is 1. The Labute approximate surface area is 112 Å². The lowest BCUT2D eigenvalue weighted by atomic mass is 10.00. The molecule has 2 heterocycles. The summed E-state index contributed by atoms with van der Waals surface area (Å²) in [5, 5.41) is 1.19. The normalized spacial score (nSPS) is 19.6. The number of methoxy groups -OCH3 is 1. The molecule has 1 amide bonds. The summed E-state index contributed by atoms with van der Waals surface area (Å²) in [7, 11) is 1.44. The molecular formula is C15H18N2O2. The molecule has 1 aromatic heterocycles. The van der Waals surface area contributed by atoms with E-state index in [0.717, 1.165) is 37.0 Å². The van der Waals surface area contributed by atoms with E-state index >= 15 is 0 Å². The van der Waals surface area contributed by atoms with E-state index in [1.807, 2.05) is 17.0 Å². The van der Waals surface area contributed by atoms with Gasteiger partial charge in [0.05, 0.1) is 13.2 Å². The molecule has 1 aliphatic heterocycles. The number of ether oxygens (including phenoxy) is 1. The highest BCUT2D eigenvalue weighted by Gasteiger charge is 2.29. The third-order valence-electron chi connectivity index (χ3n) is 3.82. The maximum absolute atomic E-state index is 11.9. The van der Waals surface area contributed by atoms with E-state index < -0.39 is 0 Å². The lowest BCUT2D eigenvalue weighted by Crippen LogP contribution is -2.38. The molecule has 1 aliphatic rings. The first-order valence-corrected chi connectivity index (χ1v) is 6.72. The maximum Gasteiger partial charge on any atom is 0.410 e. The van der Waals surface area contributed by atoms with Gasteiger partial charge in [0.1, 0.15) is 0 Å². The number of aromatic nitrogens is 1. The Morgan fingerprint density at radius 2 is 2.21 bits per heavy atom. The van der Waals surface area contributed by atoms with Crippen LogP contribution < -0.4 is 0 Å². The molecule has 19 heavy (non-hydrogen) atoms. The van der Waals surface area contributed by atoms with E-state index in [0.29, 0.717) is 0 Å². The summed E-state index contributed by atoms with van der Waals surface area (Å²) in [6.07, 6.45) is 2.95. The van der Waals surface area contributed by atoms with Gasteiger partial charge in [0.25, 0.3) is 0 Å². The first-order valence-electron chi connectivity index (χ1n) is 6.72. The molecule has 1 N–H and O–H groups in total. The standard InChI is InChI=1S/C15H18N2O2/c1-19-15(18)17-9-5-4-8-14(17)13-10-11-6-2-3-7-12(11)16-13/h2-3,6-7,10,14,16H,4-5,8-9H2,1H3. The van der Waals surface area contributed by atoms with Crippen molar-refractivity contribution in [2.75, 3.05) is 13.7 Å². The van der Waals surface area contributed by atoms with Gasteiger partial charge in [-0.3, -0.25) is 4.90 Å². The Bertz CT molecular complexity index is 558. The molecule has 0 aliphatic carbocycles. The number of rotatable bonds is 1. The Morgan fingerprint density at radius 3 is 3.00 bits per heavy atom. The van der Waals surface area contributed by atoms with Crippen molar-refractivity contribution in [3.63, 3.8) is 0 Å². The largest absolute Gasteiger partial charge is 0.453 e. The van der Waals surface area contributed by atoms with Crippen LogP contribution in [0.2, 0.25) is 0 Å². The number of H-pyrrole nitrogens is 1. The van der Waals surface area contributed by atoms with Gasteiger partial charge in [-0.15, -0.1) is 0 Å². The zero-order chi connectivity index (χ0) is 13.2. The molecule has 0 radical (unpaired) electrons. The lowest BCUT2D eigenvalue weighted by Gasteiger charge is -2.33. The molecule has 2 aromatic rings. The Kier molecular flexibility index (Phi) is 3.15. The van der Waals surface area contributed by atoms with Gasteiger partial charge in [-0.05, 0) is 36.8 Å². The third-order valence-corrected chi connectivity index (χ3v) is 3.82. The number of nitrogens with one attached hydrogen (secondary N) is 1. The van der Waals surface area contributed by atoms with Crippen LogP contribution in [0, 0.1) is 0 Å². The SMILES string of the molecule is COC(=O)N1CCCCC1c1cc2ccccc2[nH]1. The second kappa shape index (κ2) is 4.96. The summed E-state index contributed by atoms with van der Waals surface area (Å²) in [6.45, 7) is 0.771. The van der Waals surface area contributed by atoms with Gasteiger partial charge in [-0.25, -0.2) is 4.79 Å². The predicted molar refractivity (Wildman–Crippen MR) is 74.0 cm³/mol. The average Bonchev–Trinajstić information content (AvgIpc) is 2.90. The molecular weight excluding hydrogens is 240 g/mol. The van der Waals surface area contributed by atoms with E-state index in [1.54, 1.807) is 0 Å². The number of carbonyl (C=O) groups excluding carboxylic acids is 1. The van der Waals surface area contributed by atoms with Crippen molar-refractivity contribution in [1.29, 1.82) is 0 Å². The molecule has 1 unspecified atom stereocenters. The fraction of sp³-hybridized carbons (Fsp3) is 0.400. The van der Waals surface area contributed by atoms with Gasteiger partial charge in [0, 0.05) is 17.8 Å². The van der Waals surface area contributed by atoms with Crippen LogP contribution in [-0.2, 0) is 4.74 Å². The van der Waals surface area contributed by atoms with Crippen LogP contribution in [0.3, 0.4) is 0 Å². The highest BCUT2D eigenvalue weighted by atomic mass is 16.5. The number of nitrogens with zero attached hydrogens (tertiary/aromatic N) is 1. The number of hydrogen-bond acceptors (Lipinski definition) is 2. The van der Waals surface area contributed by atoms with Crippen molar-refractivity contribution in [2.45, 2.75) is 25.3 Å². The van der Waals surface area contributed by atoms with E-state index in [1.165, 1.54) is 12.5 Å². The minimum atomic E-state index is -0.233. The first-order chi connectivity index (χ1) is 9.29. The summed E-state index contributed by atoms with van der Waals surface area (Å²) in [6, 6.07) is 10.4. The first kappa shape index (κ1) is 12.1. The number of para-hydroxylation sites is 1. The van der Waals surface area contributed by atoms with Gasteiger partial charge in [0.2, 0.25) is 0 Å². The van der Waals surface area contributed by atoms with Gasteiger partial charge in [-0.2, -0.15) is 0 Å². The molecule has 3 rings (SSSR count). The van der Waals surface area contributed by atoms with Crippen LogP contribution in [0.25, 0.3) is 10.9 Å². The van der Waals surface area contributed by atoms with Crippen molar-refractivity contribution in [1.82, 2.24) is 9.88 Å². The van der Waals surface area contributed by atoms with Crippen LogP contribution in [0.1, 0.15) is 31.0 Å². The highest BCUT2D eigenvalue weighted by Crippen LogP contribution is 2.32. The summed E-state index contributed by atoms with van der Waals surface area (Å²) in [4.78, 5) is 17.1. The number of likely N-dealkylation sites (tertiary alicyclic amines) is 1. The van der Waals surface area contributed by atoms with Gasteiger partial charge in [-0.1, -0.05) is 18.2 Å². The Hall–Kier alpha value is -1.97. The van der Waals surface area contributed by atoms with Crippen molar-refractivity contribution in [2.24, 2.45) is 0 Å². The quantitative estimate of drug-likeness (QED) is 0.851. The predicted octanol–water partition coefficient (Wildman–Crippen LogP) is 3.46. The van der Waals surface area contributed by atoms with Crippen molar-refractivity contribution < 1.29 is 9.53 Å². The molecule has 4 heteroatoms. The molecule has 1 fully saturated rings. The van der Waals surface area contributed by atoms with Crippen molar-refractivity contribution in [3.05, 3.63) is 36.0 Å². The monoisotopic (exact) mass is 258 g/mol. The topological polar surface area (TPSA) is 45.3 Å². The van der Waals surface area contributed by atoms with Crippen LogP contribution in [0.4, 0.5) is 4.79 Å². The molecule has 1 aromatic carbocycles. The molecule has 1 atom stereocenters. The fourth-order valence-corrected chi connectivity index (χ4v) is 2.87. The van der Waals surface area contributed by atoms with E-state index in [-0.39, 0.29) is 12.1 Å². The lowest BCUT2D eigenvalue weighted by molar-refractivity contribution is 0.0885. The number of fused-ring (bicyclic) bond motifs is 1. The Balaban J connectivity index is 1.95. The molecule has 0 saturated carbocycles. The fourth-order valence-electron chi connectivity index (χ4n) is 2.87. The van der Waals surface area contributed by atoms with Gasteiger partial charge >= 0.3 is 6.09 Å². The number of benzene rings is 1. The van der Waals surface area contributed by atoms with Crippen LogP contribution in [0.5, 0.6) is 0 Å². The van der Waals surface area contributed by atoms with Crippen LogP contribution in [0.15, 0.2) is 30.3 Å². The zero-order valence-electron chi connectivity index (χ0n) is 11.1. The summed E-state index contributed by atoms with van der Waals surface area (Å²) >= 11 is 0. The van der Waals surface area contributed by atoms with Crippen molar-refractivity contribution in [3.8, 4) is 0 Å². The second-order valence-corrected chi connectivity index (χ2v) is 4.99. The third kappa shape index (κ3) is 2.18. The Morgan fingerprint density at radius 1 is 1.37 bits per heavy atom. The zero-order valence-corrected chi connectivity index (χ0v) is 11.1. The van der Waals surface area contributed by atoms with E-state index in [4.69, 9.17) is 4.74 Å². The minimum absolute atomic E-state index is 0.105. The van der Waals surface area contributed by atoms with Gasteiger partial charge in [0.15, 0.2) is 0 Å².